The molecule has 7 nitrogen and oxygen atoms in total. The highest BCUT2D eigenvalue weighted by Crippen LogP contribution is 2.46. The molecule has 3 heterocycles. The van der Waals surface area contributed by atoms with Crippen LogP contribution in [-0.2, 0) is 23.9 Å². The fourth-order valence-corrected chi connectivity index (χ4v) is 4.01. The molecule has 1 spiro atoms. The van der Waals surface area contributed by atoms with Crippen molar-refractivity contribution in [3.63, 3.8) is 0 Å². The molecule has 0 saturated carbocycles. The first-order valence-electron chi connectivity index (χ1n) is 9.37. The molecule has 0 bridgehead atoms. The van der Waals surface area contributed by atoms with Gasteiger partial charge in [-0.1, -0.05) is 6.07 Å². The van der Waals surface area contributed by atoms with E-state index in [-0.39, 0.29) is 11.8 Å². The highest BCUT2D eigenvalue weighted by atomic mass is 16.5. The second-order valence-corrected chi connectivity index (χ2v) is 7.48. The Kier molecular flexibility index (Phi) is 4.78. The third kappa shape index (κ3) is 3.78. The van der Waals surface area contributed by atoms with E-state index in [1.165, 1.54) is 5.56 Å². The first kappa shape index (κ1) is 17.9. The fraction of sp³-hybridized carbons (Fsp3) is 0.500. The van der Waals surface area contributed by atoms with Crippen LogP contribution in [0.3, 0.4) is 0 Å². The molecule has 1 fully saturated rings. The average molecular weight is 371 g/mol. The van der Waals surface area contributed by atoms with E-state index in [0.29, 0.717) is 19.8 Å². The molecular weight excluding hydrogens is 346 g/mol. The Morgan fingerprint density at radius 2 is 2.15 bits per heavy atom. The van der Waals surface area contributed by atoms with Gasteiger partial charge in [0.25, 0.3) is 0 Å². The Balaban J connectivity index is 1.39. The lowest BCUT2D eigenvalue weighted by Crippen LogP contribution is -2.44. The van der Waals surface area contributed by atoms with Crippen molar-refractivity contribution in [3.05, 3.63) is 41.7 Å². The average Bonchev–Trinajstić information content (AvgIpc) is 3.23. The van der Waals surface area contributed by atoms with Gasteiger partial charge in [0, 0.05) is 36.8 Å². The van der Waals surface area contributed by atoms with E-state index in [1.54, 1.807) is 4.68 Å². The molecule has 4 rings (SSSR count). The lowest BCUT2D eigenvalue weighted by Gasteiger charge is -2.38. The Bertz CT molecular complexity index is 824. The van der Waals surface area contributed by atoms with Crippen LogP contribution in [-0.4, -0.2) is 52.0 Å². The Labute approximate surface area is 158 Å². The molecule has 144 valence electrons. The van der Waals surface area contributed by atoms with E-state index in [1.807, 2.05) is 31.4 Å². The lowest BCUT2D eigenvalue weighted by atomic mass is 9.74. The Hall–Kier alpha value is -2.54. The van der Waals surface area contributed by atoms with Crippen LogP contribution < -0.4 is 9.47 Å². The number of fused-ring (bicyclic) bond motifs is 2. The molecule has 1 N–H and O–H groups in total. The molecule has 2 aliphatic heterocycles. The molecule has 0 amide bonds. The van der Waals surface area contributed by atoms with Gasteiger partial charge in [-0.2, -0.15) is 5.10 Å². The highest BCUT2D eigenvalue weighted by molar-refractivity contribution is 5.66. The van der Waals surface area contributed by atoms with Crippen LogP contribution in [0.15, 0.2) is 30.5 Å². The summed E-state index contributed by atoms with van der Waals surface area (Å²) in [5.41, 5.74) is 2.20. The van der Waals surface area contributed by atoms with Crippen molar-refractivity contribution in [1.29, 1.82) is 0 Å². The predicted octanol–water partition coefficient (Wildman–Crippen LogP) is 2.20. The normalized spacial score (nSPS) is 18.3. The van der Waals surface area contributed by atoms with Gasteiger partial charge >= 0.3 is 5.97 Å². The molecule has 0 unspecified atom stereocenters. The summed E-state index contributed by atoms with van der Waals surface area (Å²) >= 11 is 0. The molecule has 1 saturated heterocycles. The molecule has 0 atom stereocenters. The fourth-order valence-electron chi connectivity index (χ4n) is 4.01. The number of aryl methyl sites for hydroxylation is 1. The quantitative estimate of drug-likeness (QED) is 0.839. The van der Waals surface area contributed by atoms with Crippen LogP contribution in [0, 0.1) is 0 Å². The monoisotopic (exact) mass is 371 g/mol. The number of likely N-dealkylation sites (tertiary alicyclic amines) is 1. The number of ether oxygens (including phenoxy) is 2. The lowest BCUT2D eigenvalue weighted by molar-refractivity contribution is -0.137. The number of carboxylic acid groups (broad SMARTS) is 1. The van der Waals surface area contributed by atoms with Crippen molar-refractivity contribution in [3.8, 4) is 11.5 Å². The van der Waals surface area contributed by atoms with E-state index < -0.39 is 5.97 Å². The zero-order valence-corrected chi connectivity index (χ0v) is 15.6. The van der Waals surface area contributed by atoms with E-state index in [0.717, 1.165) is 43.1 Å². The van der Waals surface area contributed by atoms with Gasteiger partial charge in [0.2, 0.25) is 0 Å². The number of piperidine rings is 1. The summed E-state index contributed by atoms with van der Waals surface area (Å²) in [6, 6.07) is 8.05. The maximum Gasteiger partial charge on any atom is 0.304 e. The highest BCUT2D eigenvalue weighted by Gasteiger charge is 2.43. The number of rotatable bonds is 6. The number of carboxylic acids is 1. The van der Waals surface area contributed by atoms with E-state index >= 15 is 0 Å². The summed E-state index contributed by atoms with van der Waals surface area (Å²) in [6.07, 6.45) is 4.09. The minimum absolute atomic E-state index is 0.0502. The number of aromatic nitrogens is 2. The van der Waals surface area contributed by atoms with Gasteiger partial charge in [-0.3, -0.25) is 9.48 Å². The number of nitrogens with zero attached hydrogens (tertiary/aromatic N) is 3. The first-order chi connectivity index (χ1) is 13.0. The summed E-state index contributed by atoms with van der Waals surface area (Å²) in [7, 11) is 1.89. The zero-order chi connectivity index (χ0) is 18.9. The third-order valence-electron chi connectivity index (χ3n) is 5.64. The molecule has 1 aromatic carbocycles. The summed E-state index contributed by atoms with van der Waals surface area (Å²) in [6.45, 7) is 3.57. The van der Waals surface area contributed by atoms with Crippen molar-refractivity contribution in [2.75, 3.05) is 26.2 Å². The first-order valence-corrected chi connectivity index (χ1v) is 9.37. The Morgan fingerprint density at radius 1 is 1.33 bits per heavy atom. The third-order valence-corrected chi connectivity index (χ3v) is 5.64. The molecule has 0 aliphatic carbocycles. The standard InChI is InChI=1S/C20H25N3O4/c1-22-8-4-15(21-22)13-26-16-2-3-17-18(12-16)27-14-20(17)6-10-23(11-7-20)9-5-19(24)25/h2-4,8,12H,5-7,9-11,13-14H2,1H3,(H,24,25). The number of hydrogen-bond donors (Lipinski definition) is 1. The number of hydrogen-bond acceptors (Lipinski definition) is 5. The van der Waals surface area contributed by atoms with Crippen LogP contribution >= 0.6 is 0 Å². The van der Waals surface area contributed by atoms with Crippen molar-refractivity contribution < 1.29 is 19.4 Å². The smallest absolute Gasteiger partial charge is 0.304 e. The van der Waals surface area contributed by atoms with E-state index in [2.05, 4.69) is 16.1 Å². The summed E-state index contributed by atoms with van der Waals surface area (Å²) < 4.78 is 13.6. The summed E-state index contributed by atoms with van der Waals surface area (Å²) in [4.78, 5) is 13.0. The van der Waals surface area contributed by atoms with Gasteiger partial charge < -0.3 is 19.5 Å². The van der Waals surface area contributed by atoms with Crippen LogP contribution in [0.4, 0.5) is 0 Å². The van der Waals surface area contributed by atoms with Gasteiger partial charge in [-0.15, -0.1) is 0 Å². The van der Waals surface area contributed by atoms with Crippen LogP contribution in [0.25, 0.3) is 0 Å². The topological polar surface area (TPSA) is 76.8 Å². The van der Waals surface area contributed by atoms with Crippen molar-refractivity contribution in [2.24, 2.45) is 7.05 Å². The SMILES string of the molecule is Cn1ccc(COc2ccc3c(c2)OCC32CCN(CCC(=O)O)CC2)n1. The Morgan fingerprint density at radius 3 is 2.85 bits per heavy atom. The molecule has 27 heavy (non-hydrogen) atoms. The van der Waals surface area contributed by atoms with Gasteiger partial charge in [0.1, 0.15) is 18.1 Å². The largest absolute Gasteiger partial charge is 0.492 e. The van der Waals surface area contributed by atoms with Crippen molar-refractivity contribution >= 4 is 5.97 Å². The molecular formula is C20H25N3O4. The zero-order valence-electron chi connectivity index (χ0n) is 15.6. The van der Waals surface area contributed by atoms with E-state index in [4.69, 9.17) is 14.6 Å². The van der Waals surface area contributed by atoms with Crippen LogP contribution in [0.1, 0.15) is 30.5 Å². The molecule has 0 radical (unpaired) electrons. The molecule has 7 heteroatoms. The molecule has 1 aromatic heterocycles. The summed E-state index contributed by atoms with van der Waals surface area (Å²) in [5.74, 6) is 0.964. The van der Waals surface area contributed by atoms with Gasteiger partial charge in [0.15, 0.2) is 0 Å². The number of carbonyl (C=O) groups is 1. The maximum atomic E-state index is 10.8. The van der Waals surface area contributed by atoms with Gasteiger partial charge in [-0.25, -0.2) is 0 Å². The second-order valence-electron chi connectivity index (χ2n) is 7.48. The van der Waals surface area contributed by atoms with Crippen molar-refractivity contribution in [1.82, 2.24) is 14.7 Å². The molecule has 2 aromatic rings. The summed E-state index contributed by atoms with van der Waals surface area (Å²) in [5, 5.41) is 13.2. The number of benzene rings is 1. The van der Waals surface area contributed by atoms with Crippen molar-refractivity contribution in [2.45, 2.75) is 31.3 Å². The minimum atomic E-state index is -0.733. The van der Waals surface area contributed by atoms with Gasteiger partial charge in [-0.05, 0) is 38.1 Å². The molecule has 2 aliphatic rings. The maximum absolute atomic E-state index is 10.8. The second kappa shape index (κ2) is 7.23. The van der Waals surface area contributed by atoms with Gasteiger partial charge in [0.05, 0.1) is 18.7 Å². The van der Waals surface area contributed by atoms with E-state index in [9.17, 15) is 4.79 Å². The van der Waals surface area contributed by atoms with Crippen LogP contribution in [0.5, 0.6) is 11.5 Å². The predicted molar refractivity (Wildman–Crippen MR) is 99.1 cm³/mol. The van der Waals surface area contributed by atoms with Crippen LogP contribution in [0.2, 0.25) is 0 Å². The minimum Gasteiger partial charge on any atom is -0.492 e. The number of aliphatic carboxylic acids is 1.